The molecule has 7 nitrogen and oxygen atoms in total. The van der Waals surface area contributed by atoms with Crippen LogP contribution in [0.5, 0.6) is 5.75 Å². The fourth-order valence-corrected chi connectivity index (χ4v) is 2.76. The molecule has 0 saturated heterocycles. The summed E-state index contributed by atoms with van der Waals surface area (Å²) < 4.78 is 10.5. The highest BCUT2D eigenvalue weighted by Gasteiger charge is 2.24. The van der Waals surface area contributed by atoms with Crippen LogP contribution in [-0.4, -0.2) is 41.3 Å². The molecule has 1 amide bonds. The van der Waals surface area contributed by atoms with Crippen LogP contribution in [0.1, 0.15) is 34.0 Å². The number of hydrogen-bond acceptors (Lipinski definition) is 6. The smallest absolute Gasteiger partial charge is 0.407 e. The van der Waals surface area contributed by atoms with E-state index in [1.807, 2.05) is 30.3 Å². The topological polar surface area (TPSA) is 105 Å². The Labute approximate surface area is 156 Å². The van der Waals surface area contributed by atoms with Crippen molar-refractivity contribution >= 4 is 11.9 Å². The molecule has 2 atom stereocenters. The van der Waals surface area contributed by atoms with Crippen molar-refractivity contribution in [2.75, 3.05) is 13.2 Å². The van der Waals surface area contributed by atoms with Crippen LogP contribution in [0.15, 0.2) is 48.5 Å². The van der Waals surface area contributed by atoms with E-state index < -0.39 is 18.3 Å². The quantitative estimate of drug-likeness (QED) is 0.717. The van der Waals surface area contributed by atoms with Gasteiger partial charge < -0.3 is 25.0 Å². The first kappa shape index (κ1) is 18.9. The molecular weight excluding hydrogens is 350 g/mol. The SMILES string of the molecule is O=C(NCC(O)C(O)c1ccc2c(c1)OCCC2=O)OCc1ccccc1. The van der Waals surface area contributed by atoms with Crippen LogP contribution < -0.4 is 10.1 Å². The number of aliphatic hydroxyl groups is 2. The molecule has 0 bridgehead atoms. The molecule has 27 heavy (non-hydrogen) atoms. The molecule has 0 fully saturated rings. The average Bonchev–Trinajstić information content (AvgIpc) is 2.70. The minimum absolute atomic E-state index is 0.0133. The zero-order chi connectivity index (χ0) is 19.2. The molecule has 2 aromatic rings. The summed E-state index contributed by atoms with van der Waals surface area (Å²) in [5.41, 5.74) is 1.71. The molecule has 0 saturated carbocycles. The highest BCUT2D eigenvalue weighted by atomic mass is 16.5. The predicted molar refractivity (Wildman–Crippen MR) is 96.5 cm³/mol. The number of aliphatic hydroxyl groups excluding tert-OH is 2. The molecule has 3 N–H and O–H groups in total. The van der Waals surface area contributed by atoms with Crippen LogP contribution >= 0.6 is 0 Å². The first-order valence-corrected chi connectivity index (χ1v) is 8.65. The number of nitrogens with one attached hydrogen (secondary N) is 1. The zero-order valence-corrected chi connectivity index (χ0v) is 14.6. The van der Waals surface area contributed by atoms with Crippen LogP contribution in [-0.2, 0) is 11.3 Å². The molecule has 1 aliphatic heterocycles. The normalized spacial score (nSPS) is 15.3. The van der Waals surface area contributed by atoms with Gasteiger partial charge in [0.25, 0.3) is 0 Å². The summed E-state index contributed by atoms with van der Waals surface area (Å²) in [5, 5.41) is 22.8. The maximum absolute atomic E-state index is 11.8. The van der Waals surface area contributed by atoms with Crippen molar-refractivity contribution in [2.24, 2.45) is 0 Å². The maximum atomic E-state index is 11.8. The van der Waals surface area contributed by atoms with E-state index in [9.17, 15) is 19.8 Å². The summed E-state index contributed by atoms with van der Waals surface area (Å²) >= 11 is 0. The highest BCUT2D eigenvalue weighted by molar-refractivity contribution is 5.99. The summed E-state index contributed by atoms with van der Waals surface area (Å²) in [7, 11) is 0. The lowest BCUT2D eigenvalue weighted by Crippen LogP contribution is -2.35. The number of alkyl carbamates (subject to hydrolysis) is 1. The number of benzene rings is 2. The standard InChI is InChI=1S/C20H21NO6/c22-16-8-9-26-18-10-14(6-7-15(16)18)19(24)17(23)11-21-20(25)27-12-13-4-2-1-3-5-13/h1-7,10,17,19,23-24H,8-9,11-12H2,(H,21,25). The molecule has 1 aliphatic rings. The Kier molecular flexibility index (Phi) is 6.05. The molecular formula is C20H21NO6. The molecule has 0 aliphatic carbocycles. The van der Waals surface area contributed by atoms with Crippen LogP contribution in [0.2, 0.25) is 0 Å². The van der Waals surface area contributed by atoms with Gasteiger partial charge in [0.15, 0.2) is 5.78 Å². The van der Waals surface area contributed by atoms with E-state index >= 15 is 0 Å². The first-order chi connectivity index (χ1) is 13.0. The summed E-state index contributed by atoms with van der Waals surface area (Å²) in [6.07, 6.45) is -2.85. The maximum Gasteiger partial charge on any atom is 0.407 e. The summed E-state index contributed by atoms with van der Waals surface area (Å²) in [4.78, 5) is 23.5. The van der Waals surface area contributed by atoms with Gasteiger partial charge in [0.2, 0.25) is 0 Å². The number of ether oxygens (including phenoxy) is 2. The Balaban J connectivity index is 1.51. The van der Waals surface area contributed by atoms with E-state index in [0.29, 0.717) is 29.9 Å². The third kappa shape index (κ3) is 4.84. The van der Waals surface area contributed by atoms with Gasteiger partial charge in [-0.1, -0.05) is 36.4 Å². The van der Waals surface area contributed by atoms with E-state index in [2.05, 4.69) is 5.32 Å². The number of carbonyl (C=O) groups is 2. The van der Waals surface area contributed by atoms with Gasteiger partial charge in [-0.25, -0.2) is 4.79 Å². The molecule has 7 heteroatoms. The Morgan fingerprint density at radius 3 is 2.74 bits per heavy atom. The summed E-state index contributed by atoms with van der Waals surface area (Å²) in [5.74, 6) is 0.380. The second-order valence-electron chi connectivity index (χ2n) is 6.23. The number of hydrogen-bond donors (Lipinski definition) is 3. The lowest BCUT2D eigenvalue weighted by atomic mass is 9.98. The van der Waals surface area contributed by atoms with Crippen molar-refractivity contribution in [3.63, 3.8) is 0 Å². The number of Topliss-reactive ketones (excluding diaryl/α,β-unsaturated/α-hetero) is 1. The largest absolute Gasteiger partial charge is 0.492 e. The molecule has 2 unspecified atom stereocenters. The Morgan fingerprint density at radius 2 is 1.96 bits per heavy atom. The summed E-state index contributed by atoms with van der Waals surface area (Å²) in [6, 6.07) is 13.9. The van der Waals surface area contributed by atoms with Crippen molar-refractivity contribution in [3.8, 4) is 5.75 Å². The molecule has 1 heterocycles. The number of rotatable bonds is 6. The number of fused-ring (bicyclic) bond motifs is 1. The average molecular weight is 371 g/mol. The van der Waals surface area contributed by atoms with E-state index in [-0.39, 0.29) is 18.9 Å². The molecule has 0 radical (unpaired) electrons. The Hall–Kier alpha value is -2.90. The lowest BCUT2D eigenvalue weighted by molar-refractivity contribution is 0.0182. The number of ketones is 1. The number of amides is 1. The van der Waals surface area contributed by atoms with E-state index in [1.54, 1.807) is 12.1 Å². The van der Waals surface area contributed by atoms with Crippen molar-refractivity contribution in [2.45, 2.75) is 25.2 Å². The van der Waals surface area contributed by atoms with Gasteiger partial charge in [0.1, 0.15) is 24.6 Å². The van der Waals surface area contributed by atoms with Crippen molar-refractivity contribution in [1.29, 1.82) is 0 Å². The predicted octanol–water partition coefficient (Wildman–Crippen LogP) is 1.97. The fraction of sp³-hybridized carbons (Fsp3) is 0.300. The third-order valence-corrected chi connectivity index (χ3v) is 4.27. The van der Waals surface area contributed by atoms with Gasteiger partial charge in [0, 0.05) is 13.0 Å². The molecule has 3 rings (SSSR count). The van der Waals surface area contributed by atoms with E-state index in [0.717, 1.165) is 5.56 Å². The molecule has 142 valence electrons. The van der Waals surface area contributed by atoms with E-state index in [4.69, 9.17) is 9.47 Å². The Morgan fingerprint density at radius 1 is 1.19 bits per heavy atom. The van der Waals surface area contributed by atoms with Crippen LogP contribution in [0, 0.1) is 0 Å². The molecule has 0 spiro atoms. The van der Waals surface area contributed by atoms with E-state index in [1.165, 1.54) is 6.07 Å². The van der Waals surface area contributed by atoms with Gasteiger partial charge in [-0.2, -0.15) is 0 Å². The second kappa shape index (κ2) is 8.66. The lowest BCUT2D eigenvalue weighted by Gasteiger charge is -2.21. The van der Waals surface area contributed by atoms with Gasteiger partial charge in [-0.3, -0.25) is 4.79 Å². The zero-order valence-electron chi connectivity index (χ0n) is 14.6. The Bertz CT molecular complexity index is 807. The van der Waals surface area contributed by atoms with Gasteiger partial charge in [0.05, 0.1) is 12.2 Å². The van der Waals surface area contributed by atoms with Crippen molar-refractivity contribution in [1.82, 2.24) is 5.32 Å². The van der Waals surface area contributed by atoms with Gasteiger partial charge in [-0.15, -0.1) is 0 Å². The minimum Gasteiger partial charge on any atom is -0.492 e. The van der Waals surface area contributed by atoms with Crippen LogP contribution in [0.3, 0.4) is 0 Å². The van der Waals surface area contributed by atoms with Gasteiger partial charge in [-0.05, 0) is 23.3 Å². The van der Waals surface area contributed by atoms with Crippen LogP contribution in [0.4, 0.5) is 4.79 Å². The van der Waals surface area contributed by atoms with Crippen LogP contribution in [0.25, 0.3) is 0 Å². The first-order valence-electron chi connectivity index (χ1n) is 8.65. The second-order valence-corrected chi connectivity index (χ2v) is 6.23. The number of carbonyl (C=O) groups excluding carboxylic acids is 2. The monoisotopic (exact) mass is 371 g/mol. The minimum atomic E-state index is -1.25. The summed E-state index contributed by atoms with van der Waals surface area (Å²) in [6.45, 7) is 0.218. The van der Waals surface area contributed by atoms with Crippen molar-refractivity contribution in [3.05, 3.63) is 65.2 Å². The third-order valence-electron chi connectivity index (χ3n) is 4.27. The van der Waals surface area contributed by atoms with Crippen molar-refractivity contribution < 1.29 is 29.3 Å². The van der Waals surface area contributed by atoms with Gasteiger partial charge >= 0.3 is 6.09 Å². The molecule has 2 aromatic carbocycles. The highest BCUT2D eigenvalue weighted by Crippen LogP contribution is 2.29. The fourth-order valence-electron chi connectivity index (χ4n) is 2.76. The molecule has 0 aromatic heterocycles.